The van der Waals surface area contributed by atoms with Crippen LogP contribution in [0.2, 0.25) is 0 Å². The van der Waals surface area contributed by atoms with Crippen LogP contribution in [0.3, 0.4) is 0 Å². The summed E-state index contributed by atoms with van der Waals surface area (Å²) in [6.07, 6.45) is 1.48. The fourth-order valence-electron chi connectivity index (χ4n) is 3.51. The number of rotatable bonds is 4. The summed E-state index contributed by atoms with van der Waals surface area (Å²) in [5.41, 5.74) is 1.37. The molecule has 1 aromatic rings. The molecule has 146 valence electrons. The molecule has 8 nitrogen and oxygen atoms in total. The van der Waals surface area contributed by atoms with Crippen molar-refractivity contribution in [3.8, 4) is 0 Å². The highest BCUT2D eigenvalue weighted by atomic mass is 16.7. The lowest BCUT2D eigenvalue weighted by Gasteiger charge is -2.34. The number of piperidine rings is 1. The van der Waals surface area contributed by atoms with Crippen LogP contribution in [-0.2, 0) is 19.1 Å². The third-order valence-corrected chi connectivity index (χ3v) is 4.68. The van der Waals surface area contributed by atoms with E-state index < -0.39 is 0 Å². The molecule has 3 amide bonds. The maximum absolute atomic E-state index is 12.9. The van der Waals surface area contributed by atoms with Crippen molar-refractivity contribution in [3.63, 3.8) is 0 Å². The number of carbonyl (C=O) groups excluding carboxylic acids is 3. The van der Waals surface area contributed by atoms with Crippen molar-refractivity contribution in [2.75, 3.05) is 36.9 Å². The zero-order chi connectivity index (χ0) is 19.4. The van der Waals surface area contributed by atoms with Gasteiger partial charge in [0.15, 0.2) is 6.29 Å². The first-order chi connectivity index (χ1) is 12.9. The van der Waals surface area contributed by atoms with Gasteiger partial charge in [-0.25, -0.2) is 0 Å². The average Bonchev–Trinajstić information content (AvgIpc) is 3.14. The van der Waals surface area contributed by atoms with E-state index in [9.17, 15) is 14.4 Å². The molecule has 2 heterocycles. The highest BCUT2D eigenvalue weighted by Gasteiger charge is 2.32. The van der Waals surface area contributed by atoms with E-state index in [2.05, 4.69) is 10.6 Å². The first-order valence-corrected chi connectivity index (χ1v) is 9.15. The van der Waals surface area contributed by atoms with Crippen molar-refractivity contribution in [2.24, 2.45) is 5.92 Å². The number of nitrogens with one attached hydrogen (secondary N) is 2. The van der Waals surface area contributed by atoms with Crippen molar-refractivity contribution in [1.29, 1.82) is 0 Å². The quantitative estimate of drug-likeness (QED) is 0.837. The first-order valence-electron chi connectivity index (χ1n) is 9.15. The number of ether oxygens (including phenoxy) is 2. The Morgan fingerprint density at radius 3 is 1.93 bits per heavy atom. The number of likely N-dealkylation sites (tertiary alicyclic amines) is 1. The van der Waals surface area contributed by atoms with Crippen LogP contribution in [0.15, 0.2) is 18.2 Å². The second kappa shape index (κ2) is 8.49. The van der Waals surface area contributed by atoms with E-state index >= 15 is 0 Å². The molecular weight excluding hydrogens is 350 g/mol. The van der Waals surface area contributed by atoms with Gasteiger partial charge in [0.1, 0.15) is 0 Å². The minimum atomic E-state index is -0.245. The average molecular weight is 375 g/mol. The molecule has 0 spiro atoms. The molecule has 1 aromatic carbocycles. The summed E-state index contributed by atoms with van der Waals surface area (Å²) in [4.78, 5) is 37.5. The standard InChI is InChI=1S/C19H25N3O5/c1-12(23)20-16-9-15(10-17(11-16)21-13(2)24)18(25)22-5-3-14(4-6-22)19-26-7-8-27-19/h9-11,14,19H,3-8H2,1-2H3,(H,20,23)(H,21,24). The monoisotopic (exact) mass is 375 g/mol. The van der Waals surface area contributed by atoms with Crippen LogP contribution in [0.4, 0.5) is 11.4 Å². The van der Waals surface area contributed by atoms with Gasteiger partial charge in [-0.15, -0.1) is 0 Å². The minimum Gasteiger partial charge on any atom is -0.350 e. The molecule has 2 fully saturated rings. The smallest absolute Gasteiger partial charge is 0.254 e. The topological polar surface area (TPSA) is 97.0 Å². The molecule has 0 unspecified atom stereocenters. The van der Waals surface area contributed by atoms with E-state index in [1.165, 1.54) is 13.8 Å². The minimum absolute atomic E-state index is 0.125. The van der Waals surface area contributed by atoms with Crippen LogP contribution in [-0.4, -0.2) is 55.2 Å². The lowest BCUT2D eigenvalue weighted by Crippen LogP contribution is -2.41. The highest BCUT2D eigenvalue weighted by Crippen LogP contribution is 2.27. The number of nitrogens with zero attached hydrogens (tertiary/aromatic N) is 1. The second-order valence-corrected chi connectivity index (χ2v) is 6.90. The third kappa shape index (κ3) is 5.05. The molecule has 2 saturated heterocycles. The SMILES string of the molecule is CC(=O)Nc1cc(NC(C)=O)cc(C(=O)N2CCC(C3OCCO3)CC2)c1. The Balaban J connectivity index is 1.71. The third-order valence-electron chi connectivity index (χ3n) is 4.68. The zero-order valence-corrected chi connectivity index (χ0v) is 15.6. The van der Waals surface area contributed by atoms with Crippen LogP contribution < -0.4 is 10.6 Å². The van der Waals surface area contributed by atoms with Crippen molar-refractivity contribution in [3.05, 3.63) is 23.8 Å². The van der Waals surface area contributed by atoms with Crippen molar-refractivity contribution >= 4 is 29.1 Å². The molecule has 2 aliphatic rings. The van der Waals surface area contributed by atoms with Gasteiger partial charge in [-0.3, -0.25) is 14.4 Å². The predicted molar refractivity (Wildman–Crippen MR) is 99.4 cm³/mol. The van der Waals surface area contributed by atoms with Gasteiger partial charge in [-0.1, -0.05) is 0 Å². The summed E-state index contributed by atoms with van der Waals surface area (Å²) in [6.45, 7) is 5.28. The zero-order valence-electron chi connectivity index (χ0n) is 15.6. The molecule has 0 aliphatic carbocycles. The van der Waals surface area contributed by atoms with Crippen LogP contribution >= 0.6 is 0 Å². The Morgan fingerprint density at radius 2 is 1.44 bits per heavy atom. The summed E-state index contributed by atoms with van der Waals surface area (Å²) in [7, 11) is 0. The summed E-state index contributed by atoms with van der Waals surface area (Å²) in [5.74, 6) is -0.311. The molecule has 27 heavy (non-hydrogen) atoms. The van der Waals surface area contributed by atoms with Gasteiger partial charge in [0, 0.05) is 49.8 Å². The molecule has 2 N–H and O–H groups in total. The van der Waals surface area contributed by atoms with Crippen LogP contribution in [0.25, 0.3) is 0 Å². The predicted octanol–water partition coefficient (Wildman–Crippen LogP) is 1.83. The second-order valence-electron chi connectivity index (χ2n) is 6.90. The van der Waals surface area contributed by atoms with Crippen LogP contribution in [0.1, 0.15) is 37.0 Å². The van der Waals surface area contributed by atoms with Crippen molar-refractivity contribution in [1.82, 2.24) is 4.90 Å². The number of carbonyl (C=O) groups is 3. The van der Waals surface area contributed by atoms with Gasteiger partial charge in [-0.2, -0.15) is 0 Å². The summed E-state index contributed by atoms with van der Waals surface area (Å²) in [5, 5.41) is 5.33. The molecular formula is C19H25N3O5. The molecule has 0 atom stereocenters. The fourth-order valence-corrected chi connectivity index (χ4v) is 3.51. The van der Waals surface area contributed by atoms with E-state index in [-0.39, 0.29) is 24.0 Å². The van der Waals surface area contributed by atoms with Crippen LogP contribution in [0, 0.1) is 5.92 Å². The van der Waals surface area contributed by atoms with Crippen molar-refractivity contribution in [2.45, 2.75) is 33.0 Å². The van der Waals surface area contributed by atoms with E-state index in [1.54, 1.807) is 23.1 Å². The normalized spacial score (nSPS) is 18.4. The lowest BCUT2D eigenvalue weighted by molar-refractivity contribution is -0.115. The Morgan fingerprint density at radius 1 is 0.926 bits per heavy atom. The molecule has 2 aliphatic heterocycles. The van der Waals surface area contributed by atoms with Crippen molar-refractivity contribution < 1.29 is 23.9 Å². The fraction of sp³-hybridized carbons (Fsp3) is 0.526. The number of hydrogen-bond acceptors (Lipinski definition) is 5. The number of amides is 3. The molecule has 0 bridgehead atoms. The van der Waals surface area contributed by atoms with Gasteiger partial charge in [0.05, 0.1) is 13.2 Å². The lowest BCUT2D eigenvalue weighted by atomic mass is 9.95. The van der Waals surface area contributed by atoms with Gasteiger partial charge in [-0.05, 0) is 31.0 Å². The van der Waals surface area contributed by atoms with Gasteiger partial charge in [0.2, 0.25) is 11.8 Å². The Hall–Kier alpha value is -2.45. The first kappa shape index (κ1) is 19.3. The maximum atomic E-state index is 12.9. The van der Waals surface area contributed by atoms with E-state index in [0.29, 0.717) is 49.2 Å². The highest BCUT2D eigenvalue weighted by molar-refractivity contribution is 6.00. The van der Waals surface area contributed by atoms with Gasteiger partial charge in [0.25, 0.3) is 5.91 Å². The largest absolute Gasteiger partial charge is 0.350 e. The Bertz CT molecular complexity index is 688. The molecule has 0 saturated carbocycles. The summed E-state index contributed by atoms with van der Waals surface area (Å²) < 4.78 is 11.1. The summed E-state index contributed by atoms with van der Waals surface area (Å²) in [6, 6.07) is 4.88. The van der Waals surface area contributed by atoms with E-state index in [1.807, 2.05) is 0 Å². The Labute approximate surface area is 158 Å². The van der Waals surface area contributed by atoms with Gasteiger partial charge >= 0.3 is 0 Å². The molecule has 8 heteroatoms. The molecule has 0 radical (unpaired) electrons. The number of hydrogen-bond donors (Lipinski definition) is 2. The number of benzene rings is 1. The summed E-state index contributed by atoms with van der Waals surface area (Å²) >= 11 is 0. The molecule has 0 aromatic heterocycles. The number of anilines is 2. The van der Waals surface area contributed by atoms with E-state index in [4.69, 9.17) is 9.47 Å². The van der Waals surface area contributed by atoms with E-state index in [0.717, 1.165) is 12.8 Å². The van der Waals surface area contributed by atoms with Crippen LogP contribution in [0.5, 0.6) is 0 Å². The molecule has 3 rings (SSSR count). The maximum Gasteiger partial charge on any atom is 0.254 e. The van der Waals surface area contributed by atoms with Gasteiger partial charge < -0.3 is 25.0 Å². The Kier molecular flexibility index (Phi) is 6.08.